The SMILES string of the molecule is C/C=C\C(=C/C1=Cc2ccccc2C12c1ccccc1-c1c(-c3ccc(N(c4ccc5c(c4)C(C)(C)c4ccccc4-5)c4ccc(-c5ccccc5)cc4-c4ccccc4)cc3)cccc12)c1ccccc1. The van der Waals surface area contributed by atoms with Crippen molar-refractivity contribution in [3.63, 3.8) is 0 Å². The molecule has 0 radical (unpaired) electrons. The van der Waals surface area contributed by atoms with E-state index in [1.807, 2.05) is 0 Å². The van der Waals surface area contributed by atoms with Gasteiger partial charge in [0.1, 0.15) is 0 Å². The first-order valence-corrected chi connectivity index (χ1v) is 25.3. The van der Waals surface area contributed by atoms with Crippen LogP contribution in [0.25, 0.3) is 67.3 Å². The number of benzene rings is 10. The normalized spacial score (nSPS) is 15.7. The van der Waals surface area contributed by atoms with Crippen LogP contribution in [0.2, 0.25) is 0 Å². The topological polar surface area (TPSA) is 3.24 Å². The van der Waals surface area contributed by atoms with E-state index in [0.717, 1.165) is 17.1 Å². The molecule has 72 heavy (non-hydrogen) atoms. The van der Waals surface area contributed by atoms with Crippen molar-refractivity contribution >= 4 is 28.7 Å². The fourth-order valence-corrected chi connectivity index (χ4v) is 12.4. The van der Waals surface area contributed by atoms with Gasteiger partial charge in [-0.2, -0.15) is 0 Å². The molecule has 10 aromatic carbocycles. The summed E-state index contributed by atoms with van der Waals surface area (Å²) in [6.45, 7) is 6.85. The van der Waals surface area contributed by atoms with Crippen molar-refractivity contribution in [3.05, 3.63) is 305 Å². The summed E-state index contributed by atoms with van der Waals surface area (Å²) in [6.07, 6.45) is 9.27. The molecule has 1 heteroatoms. The molecule has 342 valence electrons. The number of rotatable bonds is 9. The Hall–Kier alpha value is -8.78. The summed E-state index contributed by atoms with van der Waals surface area (Å²) >= 11 is 0. The lowest BCUT2D eigenvalue weighted by Gasteiger charge is -2.32. The summed E-state index contributed by atoms with van der Waals surface area (Å²) in [7, 11) is 0. The summed E-state index contributed by atoms with van der Waals surface area (Å²) < 4.78 is 0. The lowest BCUT2D eigenvalue weighted by atomic mass is 9.69. The van der Waals surface area contributed by atoms with Crippen molar-refractivity contribution < 1.29 is 0 Å². The minimum Gasteiger partial charge on any atom is -0.310 e. The molecule has 0 bridgehead atoms. The third-order valence-electron chi connectivity index (χ3n) is 15.6. The smallest absolute Gasteiger partial charge is 0.0719 e. The molecule has 1 unspecified atom stereocenters. The average Bonchev–Trinajstić information content (AvgIpc) is 4.02. The maximum Gasteiger partial charge on any atom is 0.0719 e. The number of fused-ring (bicyclic) bond motifs is 10. The van der Waals surface area contributed by atoms with Crippen molar-refractivity contribution in [3.8, 4) is 55.6 Å². The van der Waals surface area contributed by atoms with E-state index in [-0.39, 0.29) is 5.41 Å². The van der Waals surface area contributed by atoms with Gasteiger partial charge >= 0.3 is 0 Å². The molecule has 0 heterocycles. The maximum absolute atomic E-state index is 2.48. The monoisotopic (exact) mass is 919 g/mol. The third-order valence-corrected chi connectivity index (χ3v) is 15.6. The van der Waals surface area contributed by atoms with Gasteiger partial charge in [-0.1, -0.05) is 232 Å². The van der Waals surface area contributed by atoms with Gasteiger partial charge in [0, 0.05) is 22.4 Å². The molecule has 0 aromatic heterocycles. The lowest BCUT2D eigenvalue weighted by molar-refractivity contribution is 0.660. The Bertz CT molecular complexity index is 3820. The second-order valence-electron chi connectivity index (χ2n) is 19.9. The zero-order valence-corrected chi connectivity index (χ0v) is 40.9. The molecule has 3 aliphatic rings. The van der Waals surface area contributed by atoms with Crippen LogP contribution in [0.15, 0.2) is 266 Å². The second-order valence-corrected chi connectivity index (χ2v) is 19.9. The first kappa shape index (κ1) is 43.3. The Balaban J connectivity index is 0.988. The van der Waals surface area contributed by atoms with Gasteiger partial charge in [-0.05, 0) is 156 Å². The third kappa shape index (κ3) is 6.76. The molecular weight excluding hydrogens is 867 g/mol. The van der Waals surface area contributed by atoms with Crippen molar-refractivity contribution in [2.24, 2.45) is 0 Å². The Morgan fingerprint density at radius 3 is 1.72 bits per heavy atom. The van der Waals surface area contributed by atoms with Crippen molar-refractivity contribution in [1.82, 2.24) is 0 Å². The minimum absolute atomic E-state index is 0.154. The summed E-state index contributed by atoms with van der Waals surface area (Å²) in [5.74, 6) is 0. The molecule has 0 aliphatic heterocycles. The molecule has 0 fully saturated rings. The van der Waals surface area contributed by atoms with Crippen LogP contribution < -0.4 is 4.90 Å². The summed E-state index contributed by atoms with van der Waals surface area (Å²) in [6, 6.07) is 89.9. The van der Waals surface area contributed by atoms with Crippen LogP contribution in [0.4, 0.5) is 17.1 Å². The van der Waals surface area contributed by atoms with E-state index in [0.29, 0.717) is 0 Å². The van der Waals surface area contributed by atoms with Gasteiger partial charge in [0.15, 0.2) is 0 Å². The molecule has 0 N–H and O–H groups in total. The van der Waals surface area contributed by atoms with Gasteiger partial charge in [0.05, 0.1) is 11.1 Å². The van der Waals surface area contributed by atoms with Gasteiger partial charge in [0.2, 0.25) is 0 Å². The molecule has 3 aliphatic carbocycles. The summed E-state index contributed by atoms with van der Waals surface area (Å²) in [5.41, 5.74) is 26.7. The van der Waals surface area contributed by atoms with Crippen molar-refractivity contribution in [2.75, 3.05) is 4.90 Å². The summed E-state index contributed by atoms with van der Waals surface area (Å²) in [5, 5.41) is 0. The standard InChI is InChI=1S/C71H53N/c1-4-21-52(48-22-8-5-9-23-48)44-55-45-54-28-14-17-32-63(54)71(55)65-34-19-16-30-61(65)69-58(31-20-35-66(69)71)51-36-39-56(40-37-51)72(57-41-42-60-59-29-15-18-33-64(59)70(2,3)67(60)47-57)68-43-38-53(49-24-10-6-11-25-49)46-62(68)50-26-12-7-13-27-50/h4-47H,1-3H3/b21-4-,52-44+. The molecule has 13 rings (SSSR count). The van der Waals surface area contributed by atoms with Gasteiger partial charge in [-0.3, -0.25) is 0 Å². The minimum atomic E-state index is -0.488. The van der Waals surface area contributed by atoms with E-state index in [4.69, 9.17) is 0 Å². The first-order valence-electron chi connectivity index (χ1n) is 25.3. The Labute approximate surface area is 424 Å². The van der Waals surface area contributed by atoms with Gasteiger partial charge in [-0.25, -0.2) is 0 Å². The number of anilines is 3. The quantitative estimate of drug-likeness (QED) is 0.130. The van der Waals surface area contributed by atoms with Crippen molar-refractivity contribution in [2.45, 2.75) is 31.6 Å². The molecule has 1 nitrogen and oxygen atoms in total. The van der Waals surface area contributed by atoms with E-state index in [2.05, 4.69) is 293 Å². The fourth-order valence-electron chi connectivity index (χ4n) is 12.4. The Kier molecular flexibility index (Phi) is 10.4. The highest BCUT2D eigenvalue weighted by Gasteiger charge is 2.50. The van der Waals surface area contributed by atoms with E-state index in [9.17, 15) is 0 Å². The van der Waals surface area contributed by atoms with E-state index >= 15 is 0 Å². The van der Waals surface area contributed by atoms with Crippen LogP contribution in [0.1, 0.15) is 59.7 Å². The molecule has 0 saturated carbocycles. The largest absolute Gasteiger partial charge is 0.310 e. The number of hydrogen-bond donors (Lipinski definition) is 0. The molecular formula is C71H53N. The molecule has 1 spiro atoms. The number of hydrogen-bond acceptors (Lipinski definition) is 1. The van der Waals surface area contributed by atoms with Gasteiger partial charge < -0.3 is 4.90 Å². The zero-order chi connectivity index (χ0) is 48.4. The van der Waals surface area contributed by atoms with Crippen molar-refractivity contribution in [1.29, 1.82) is 0 Å². The van der Waals surface area contributed by atoms with Gasteiger partial charge in [-0.15, -0.1) is 0 Å². The van der Waals surface area contributed by atoms with E-state index in [1.54, 1.807) is 0 Å². The highest BCUT2D eigenvalue weighted by molar-refractivity contribution is 6.00. The molecule has 10 aromatic rings. The summed E-state index contributed by atoms with van der Waals surface area (Å²) in [4.78, 5) is 2.48. The molecule has 0 saturated heterocycles. The van der Waals surface area contributed by atoms with E-state index in [1.165, 1.54) is 106 Å². The lowest BCUT2D eigenvalue weighted by Crippen LogP contribution is -2.26. The average molecular weight is 920 g/mol. The molecule has 0 amide bonds. The number of nitrogens with zero attached hydrogens (tertiary/aromatic N) is 1. The predicted octanol–water partition coefficient (Wildman–Crippen LogP) is 18.8. The predicted molar refractivity (Wildman–Crippen MR) is 304 cm³/mol. The Morgan fingerprint density at radius 2 is 0.972 bits per heavy atom. The number of allylic oxidation sites excluding steroid dienone is 5. The first-order chi connectivity index (χ1) is 35.4. The van der Waals surface area contributed by atoms with E-state index < -0.39 is 5.41 Å². The van der Waals surface area contributed by atoms with Crippen LogP contribution in [-0.4, -0.2) is 0 Å². The van der Waals surface area contributed by atoms with Crippen LogP contribution in [0.5, 0.6) is 0 Å². The Morgan fingerprint density at radius 1 is 0.403 bits per heavy atom. The van der Waals surface area contributed by atoms with Crippen LogP contribution in [0.3, 0.4) is 0 Å². The fraction of sp³-hybridized carbons (Fsp3) is 0.0704. The van der Waals surface area contributed by atoms with Gasteiger partial charge in [0.25, 0.3) is 0 Å². The second kappa shape index (κ2) is 17.3. The highest BCUT2D eigenvalue weighted by atomic mass is 15.1. The highest BCUT2D eigenvalue weighted by Crippen LogP contribution is 2.62. The zero-order valence-electron chi connectivity index (χ0n) is 40.9. The maximum atomic E-state index is 2.48. The van der Waals surface area contributed by atoms with Crippen LogP contribution in [-0.2, 0) is 10.8 Å². The van der Waals surface area contributed by atoms with Crippen LogP contribution in [0, 0.1) is 0 Å². The molecule has 1 atom stereocenters. The van der Waals surface area contributed by atoms with Crippen LogP contribution >= 0.6 is 0 Å².